The number of carbonyl (C=O) groups is 3. The number of aliphatic hydroxyl groups excluding tert-OH is 1. The summed E-state index contributed by atoms with van der Waals surface area (Å²) in [5.74, 6) is -1.77. The minimum atomic E-state index is -0.907. The van der Waals surface area contributed by atoms with Gasteiger partial charge in [-0.3, -0.25) is 14.4 Å². The highest BCUT2D eigenvalue weighted by Crippen LogP contribution is 2.61. The Morgan fingerprint density at radius 2 is 1.66 bits per heavy atom. The van der Waals surface area contributed by atoms with Gasteiger partial charge in [0.05, 0.1) is 29.2 Å². The second kappa shape index (κ2) is 11.1. The first kappa shape index (κ1) is 27.8. The van der Waals surface area contributed by atoms with Gasteiger partial charge in [0.25, 0.3) is 0 Å². The molecule has 7 nitrogen and oxygen atoms in total. The highest BCUT2D eigenvalue weighted by atomic mass is 32.2. The first-order valence-corrected chi connectivity index (χ1v) is 15.4. The number of hydrogen-bond donors (Lipinski definition) is 1. The van der Waals surface area contributed by atoms with E-state index in [2.05, 4.69) is 6.08 Å². The van der Waals surface area contributed by atoms with Crippen LogP contribution in [0.3, 0.4) is 0 Å². The van der Waals surface area contributed by atoms with Gasteiger partial charge in [-0.05, 0) is 23.6 Å². The smallest absolute Gasteiger partial charge is 0.247 e. The number of rotatable bonds is 7. The molecule has 2 aromatic carbocycles. The number of anilines is 1. The Hall–Kier alpha value is -3.36. The first-order chi connectivity index (χ1) is 19.9. The molecule has 2 fully saturated rings. The molecular weight excluding hydrogens is 534 g/mol. The summed E-state index contributed by atoms with van der Waals surface area (Å²) < 4.78 is -0.907. The van der Waals surface area contributed by atoms with E-state index in [1.165, 1.54) is 0 Å². The first-order valence-electron chi connectivity index (χ1n) is 14.6. The fraction of sp³-hybridized carbons (Fsp3) is 0.424. The van der Waals surface area contributed by atoms with Gasteiger partial charge >= 0.3 is 0 Å². The normalized spacial score (nSPS) is 30.5. The van der Waals surface area contributed by atoms with Crippen molar-refractivity contribution >= 4 is 35.2 Å². The number of benzene rings is 2. The molecule has 0 radical (unpaired) electrons. The average molecular weight is 572 g/mol. The molecule has 7 atom stereocenters. The number of carbonyl (C=O) groups excluding carboxylic acids is 3. The van der Waals surface area contributed by atoms with Crippen molar-refractivity contribution in [1.29, 1.82) is 0 Å². The van der Waals surface area contributed by atoms with Crippen LogP contribution in [0.15, 0.2) is 85.0 Å². The van der Waals surface area contributed by atoms with Gasteiger partial charge in [0, 0.05) is 30.6 Å². The van der Waals surface area contributed by atoms with Gasteiger partial charge in [-0.1, -0.05) is 93.1 Å². The van der Waals surface area contributed by atoms with Crippen molar-refractivity contribution in [3.63, 3.8) is 0 Å². The van der Waals surface area contributed by atoms with E-state index < -0.39 is 28.7 Å². The quantitative estimate of drug-likeness (QED) is 0.510. The van der Waals surface area contributed by atoms with E-state index in [0.717, 1.165) is 17.7 Å². The van der Waals surface area contributed by atoms with E-state index in [9.17, 15) is 19.5 Å². The summed E-state index contributed by atoms with van der Waals surface area (Å²) >= 11 is 1.58. The standard InChI is InChI=1S/C33H37N3O4S/c1-3-22(2)25(21-37)36-29-32(40)34(20-23-12-6-4-7-13-23)18-11-17-33(29)28(31(36)39)27-26(41-33)16-10-19-35(30(27)38)24-14-8-5-9-15-24/h4-17,22,25-29,37H,3,18-21H2,1-2H3/t22-,25-,26+,27-,28-,29?,33-/m0/s1. The summed E-state index contributed by atoms with van der Waals surface area (Å²) in [6, 6.07) is 18.1. The molecule has 0 bridgehead atoms. The molecule has 0 aromatic heterocycles. The maximum Gasteiger partial charge on any atom is 0.247 e. The molecule has 2 saturated heterocycles. The molecule has 6 rings (SSSR count). The van der Waals surface area contributed by atoms with Gasteiger partial charge in [-0.25, -0.2) is 0 Å². The molecule has 8 heteroatoms. The van der Waals surface area contributed by atoms with E-state index in [1.807, 2.05) is 97.6 Å². The molecule has 3 amide bonds. The Kier molecular flexibility index (Phi) is 7.55. The molecule has 0 saturated carbocycles. The van der Waals surface area contributed by atoms with Crippen LogP contribution in [-0.4, -0.2) is 74.4 Å². The monoisotopic (exact) mass is 571 g/mol. The summed E-state index contributed by atoms with van der Waals surface area (Å²) in [6.07, 6.45) is 8.86. The lowest BCUT2D eigenvalue weighted by atomic mass is 9.78. The van der Waals surface area contributed by atoms with E-state index in [-0.39, 0.29) is 35.5 Å². The second-order valence-corrected chi connectivity index (χ2v) is 13.0. The minimum absolute atomic E-state index is 0.0197. The third-order valence-electron chi connectivity index (χ3n) is 9.31. The van der Waals surface area contributed by atoms with Crippen molar-refractivity contribution in [3.8, 4) is 0 Å². The lowest BCUT2D eigenvalue weighted by molar-refractivity contribution is -0.147. The maximum absolute atomic E-state index is 14.6. The van der Waals surface area contributed by atoms with Gasteiger partial charge in [0.2, 0.25) is 17.7 Å². The molecule has 2 aromatic rings. The van der Waals surface area contributed by atoms with Crippen molar-refractivity contribution in [3.05, 3.63) is 90.5 Å². The summed E-state index contributed by atoms with van der Waals surface area (Å²) in [6.45, 7) is 5.09. The molecule has 41 heavy (non-hydrogen) atoms. The van der Waals surface area contributed by atoms with E-state index in [1.54, 1.807) is 21.6 Å². The van der Waals surface area contributed by atoms with Crippen LogP contribution in [0.25, 0.3) is 0 Å². The largest absolute Gasteiger partial charge is 0.394 e. The zero-order chi connectivity index (χ0) is 28.7. The summed E-state index contributed by atoms with van der Waals surface area (Å²) in [7, 11) is 0. The number of aliphatic hydroxyl groups is 1. The Morgan fingerprint density at radius 1 is 0.951 bits per heavy atom. The van der Waals surface area contributed by atoms with Crippen LogP contribution in [-0.2, 0) is 20.9 Å². The van der Waals surface area contributed by atoms with E-state index in [0.29, 0.717) is 19.6 Å². The van der Waals surface area contributed by atoms with Crippen molar-refractivity contribution in [2.24, 2.45) is 17.8 Å². The van der Waals surface area contributed by atoms with Crippen molar-refractivity contribution in [1.82, 2.24) is 9.80 Å². The molecule has 1 spiro atoms. The van der Waals surface area contributed by atoms with E-state index in [4.69, 9.17) is 0 Å². The zero-order valence-corrected chi connectivity index (χ0v) is 24.3. The summed E-state index contributed by atoms with van der Waals surface area (Å²) in [4.78, 5) is 48.8. The Balaban J connectivity index is 1.45. The molecule has 0 aliphatic carbocycles. The predicted molar refractivity (Wildman–Crippen MR) is 161 cm³/mol. The maximum atomic E-state index is 14.6. The fourth-order valence-corrected chi connectivity index (χ4v) is 9.07. The van der Waals surface area contributed by atoms with Crippen LogP contribution in [0.4, 0.5) is 5.69 Å². The minimum Gasteiger partial charge on any atom is -0.394 e. The van der Waals surface area contributed by atoms with Gasteiger partial charge in [-0.15, -0.1) is 11.8 Å². The number of amides is 3. The van der Waals surface area contributed by atoms with Crippen LogP contribution in [0, 0.1) is 17.8 Å². The van der Waals surface area contributed by atoms with Crippen molar-refractivity contribution in [2.45, 2.75) is 48.9 Å². The third kappa shape index (κ3) is 4.52. The van der Waals surface area contributed by atoms with Crippen molar-refractivity contribution in [2.75, 3.05) is 24.6 Å². The van der Waals surface area contributed by atoms with Gasteiger partial charge < -0.3 is 19.8 Å². The fourth-order valence-electron chi connectivity index (χ4n) is 7.08. The molecule has 214 valence electrons. The van der Waals surface area contributed by atoms with Crippen LogP contribution in [0.1, 0.15) is 25.8 Å². The molecular formula is C33H37N3O4S. The Morgan fingerprint density at radius 3 is 2.34 bits per heavy atom. The van der Waals surface area contributed by atoms with Gasteiger partial charge in [-0.2, -0.15) is 0 Å². The molecule has 4 aliphatic heterocycles. The van der Waals surface area contributed by atoms with Gasteiger partial charge in [0.1, 0.15) is 6.04 Å². The molecule has 4 aliphatic rings. The lowest BCUT2D eigenvalue weighted by Crippen LogP contribution is -2.57. The highest BCUT2D eigenvalue weighted by Gasteiger charge is 2.72. The number of likely N-dealkylation sites (tertiary alicyclic amines) is 1. The van der Waals surface area contributed by atoms with Gasteiger partial charge in [0.15, 0.2) is 0 Å². The molecule has 1 unspecified atom stereocenters. The number of nitrogens with zero attached hydrogens (tertiary/aromatic N) is 3. The average Bonchev–Trinajstić information content (AvgIpc) is 3.31. The Labute approximate surface area is 245 Å². The number of para-hydroxylation sites is 1. The predicted octanol–water partition coefficient (Wildman–Crippen LogP) is 3.89. The highest BCUT2D eigenvalue weighted by molar-refractivity contribution is 8.02. The topological polar surface area (TPSA) is 81.2 Å². The molecule has 1 N–H and O–H groups in total. The SMILES string of the molecule is CC[C@H](C)[C@H](CO)N1C(=O)[C@@H]2[C@H]3C(=O)N(c4ccccc4)CC=C[C@H]3S[C@@]23C=CCN(Cc2ccccc2)C(=O)C13. The molecule has 4 heterocycles. The summed E-state index contributed by atoms with van der Waals surface area (Å²) in [5, 5.41) is 10.4. The zero-order valence-electron chi connectivity index (χ0n) is 23.5. The number of thioether (sulfide) groups is 1. The summed E-state index contributed by atoms with van der Waals surface area (Å²) in [5.41, 5.74) is 1.81. The van der Waals surface area contributed by atoms with E-state index >= 15 is 0 Å². The third-order valence-corrected chi connectivity index (χ3v) is 11.1. The lowest BCUT2D eigenvalue weighted by Gasteiger charge is -2.40. The van der Waals surface area contributed by atoms with Crippen molar-refractivity contribution < 1.29 is 19.5 Å². The Bertz CT molecular complexity index is 1370. The number of fused-ring (bicyclic) bond motifs is 2. The van der Waals surface area contributed by atoms with Crippen LogP contribution in [0.2, 0.25) is 0 Å². The van der Waals surface area contributed by atoms with Crippen LogP contribution >= 0.6 is 11.8 Å². The second-order valence-electron chi connectivity index (χ2n) is 11.5. The number of hydrogen-bond acceptors (Lipinski definition) is 5. The van der Waals surface area contributed by atoms with Crippen LogP contribution < -0.4 is 4.90 Å². The van der Waals surface area contributed by atoms with Crippen LogP contribution in [0.5, 0.6) is 0 Å².